The Balaban J connectivity index is 1.68. The molecule has 3 heterocycles. The molecular weight excluding hydrogens is 364 g/mol. The summed E-state index contributed by atoms with van der Waals surface area (Å²) in [6.45, 7) is -0.113. The van der Waals surface area contributed by atoms with Gasteiger partial charge in [-0.1, -0.05) is 36.4 Å². The first-order chi connectivity index (χ1) is 14.2. The highest BCUT2D eigenvalue weighted by molar-refractivity contribution is 5.83. The van der Waals surface area contributed by atoms with Gasteiger partial charge in [0.1, 0.15) is 0 Å². The summed E-state index contributed by atoms with van der Waals surface area (Å²) in [5.41, 5.74) is 2.18. The number of pyridine rings is 1. The van der Waals surface area contributed by atoms with E-state index >= 15 is 0 Å². The number of rotatable bonds is 4. The average molecular weight is 382 g/mol. The van der Waals surface area contributed by atoms with Crippen molar-refractivity contribution in [1.82, 2.24) is 18.9 Å². The summed E-state index contributed by atoms with van der Waals surface area (Å²) in [4.78, 5) is 21.4. The maximum atomic E-state index is 12.6. The Morgan fingerprint density at radius 3 is 2.52 bits per heavy atom. The lowest BCUT2D eigenvalue weighted by atomic mass is 10.0. The van der Waals surface area contributed by atoms with Gasteiger partial charge in [0.25, 0.3) is 5.56 Å². The van der Waals surface area contributed by atoms with Gasteiger partial charge >= 0.3 is 0 Å². The van der Waals surface area contributed by atoms with Crippen LogP contribution in [0.4, 0.5) is 0 Å². The van der Waals surface area contributed by atoms with Gasteiger partial charge in [-0.15, -0.1) is 0 Å². The van der Waals surface area contributed by atoms with Crippen LogP contribution in [-0.2, 0) is 0 Å². The summed E-state index contributed by atoms with van der Waals surface area (Å²) in [5, 5.41) is 12.4. The first-order valence-corrected chi connectivity index (χ1v) is 9.35. The van der Waals surface area contributed by atoms with Crippen molar-refractivity contribution in [3.8, 4) is 11.3 Å². The highest BCUT2D eigenvalue weighted by Gasteiger charge is 2.18. The van der Waals surface area contributed by atoms with Crippen LogP contribution in [0.15, 0.2) is 90.2 Å². The first-order valence-electron chi connectivity index (χ1n) is 9.35. The third-order valence-electron chi connectivity index (χ3n) is 5.18. The lowest BCUT2D eigenvalue weighted by Crippen LogP contribution is -2.18. The van der Waals surface area contributed by atoms with Gasteiger partial charge in [-0.05, 0) is 34.5 Å². The molecule has 5 rings (SSSR count). The quantitative estimate of drug-likeness (QED) is 0.518. The van der Waals surface area contributed by atoms with Gasteiger partial charge in [-0.3, -0.25) is 14.2 Å². The van der Waals surface area contributed by atoms with Crippen molar-refractivity contribution in [2.45, 2.75) is 6.04 Å². The molecule has 6 heteroatoms. The number of benzene rings is 2. The molecule has 6 nitrogen and oxygen atoms in total. The molecule has 2 aromatic carbocycles. The van der Waals surface area contributed by atoms with Crippen LogP contribution in [0.25, 0.3) is 27.8 Å². The van der Waals surface area contributed by atoms with E-state index in [2.05, 4.69) is 17.1 Å². The van der Waals surface area contributed by atoms with Crippen molar-refractivity contribution in [2.24, 2.45) is 0 Å². The predicted molar refractivity (Wildman–Crippen MR) is 112 cm³/mol. The summed E-state index contributed by atoms with van der Waals surface area (Å²) in [6.07, 6.45) is 6.81. The van der Waals surface area contributed by atoms with Crippen molar-refractivity contribution in [1.29, 1.82) is 0 Å². The lowest BCUT2D eigenvalue weighted by molar-refractivity contribution is 0.251. The fraction of sp³-hybridized carbons (Fsp3) is 0.0870. The van der Waals surface area contributed by atoms with E-state index in [4.69, 9.17) is 4.98 Å². The standard InChI is InChI=1S/C23H18N4O2/c28-15-21(19-6-5-16-3-1-2-4-18(16)13-19)26-11-12-27-22(29)14-20(25-23(26)27)17-7-9-24-10-8-17/h1-14,21,28H,15H2. The third kappa shape index (κ3) is 2.99. The number of aliphatic hydroxyl groups excluding tert-OH is 1. The van der Waals surface area contributed by atoms with E-state index in [-0.39, 0.29) is 18.2 Å². The van der Waals surface area contributed by atoms with Gasteiger partial charge in [-0.2, -0.15) is 0 Å². The number of aromatic nitrogens is 4. The summed E-state index contributed by atoms with van der Waals surface area (Å²) >= 11 is 0. The molecule has 5 aromatic rings. The molecule has 0 aliphatic rings. The number of fused-ring (bicyclic) bond motifs is 2. The van der Waals surface area contributed by atoms with Gasteiger partial charge in [0.2, 0.25) is 5.78 Å². The minimum absolute atomic E-state index is 0.113. The second-order valence-electron chi connectivity index (χ2n) is 6.90. The van der Waals surface area contributed by atoms with Crippen LogP contribution in [0.3, 0.4) is 0 Å². The molecule has 0 fully saturated rings. The fourth-order valence-corrected chi connectivity index (χ4v) is 3.69. The van der Waals surface area contributed by atoms with Crippen LogP contribution in [0, 0.1) is 0 Å². The Hall–Kier alpha value is -3.77. The molecule has 29 heavy (non-hydrogen) atoms. The van der Waals surface area contributed by atoms with E-state index in [1.54, 1.807) is 24.8 Å². The van der Waals surface area contributed by atoms with Gasteiger partial charge < -0.3 is 9.67 Å². The Morgan fingerprint density at radius 2 is 1.72 bits per heavy atom. The fourth-order valence-electron chi connectivity index (χ4n) is 3.69. The maximum absolute atomic E-state index is 12.6. The monoisotopic (exact) mass is 382 g/mol. The zero-order chi connectivity index (χ0) is 19.8. The topological polar surface area (TPSA) is 72.4 Å². The average Bonchev–Trinajstić information content (AvgIpc) is 3.19. The first kappa shape index (κ1) is 17.3. The number of hydrogen-bond donors (Lipinski definition) is 1. The van der Waals surface area contributed by atoms with Crippen molar-refractivity contribution in [2.75, 3.05) is 6.61 Å². The van der Waals surface area contributed by atoms with E-state index in [0.29, 0.717) is 11.5 Å². The Kier molecular flexibility index (Phi) is 4.18. The maximum Gasteiger partial charge on any atom is 0.259 e. The largest absolute Gasteiger partial charge is 0.394 e. The molecular formula is C23H18N4O2. The molecule has 0 spiro atoms. The van der Waals surface area contributed by atoms with Gasteiger partial charge in [-0.25, -0.2) is 4.98 Å². The molecule has 0 saturated carbocycles. The number of imidazole rings is 1. The highest BCUT2D eigenvalue weighted by Crippen LogP contribution is 2.25. The van der Waals surface area contributed by atoms with Crippen LogP contribution in [0.5, 0.6) is 0 Å². The molecule has 1 N–H and O–H groups in total. The Labute approximate surface area is 166 Å². The SMILES string of the molecule is O=c1cc(-c2ccncc2)nc2n(C(CO)c3ccc4ccccc4c3)ccn12. The summed E-state index contributed by atoms with van der Waals surface area (Å²) < 4.78 is 3.34. The number of hydrogen-bond acceptors (Lipinski definition) is 4. The Morgan fingerprint density at radius 1 is 0.931 bits per heavy atom. The predicted octanol–water partition coefficient (Wildman–Crippen LogP) is 3.29. The lowest BCUT2D eigenvalue weighted by Gasteiger charge is -2.18. The molecule has 0 aliphatic carbocycles. The summed E-state index contributed by atoms with van der Waals surface area (Å²) in [7, 11) is 0. The van der Waals surface area contributed by atoms with Crippen LogP contribution >= 0.6 is 0 Å². The van der Waals surface area contributed by atoms with Crippen molar-refractivity contribution in [3.63, 3.8) is 0 Å². The molecule has 1 atom stereocenters. The summed E-state index contributed by atoms with van der Waals surface area (Å²) in [5.74, 6) is 0.483. The summed E-state index contributed by atoms with van der Waals surface area (Å²) in [6, 6.07) is 19.0. The number of aliphatic hydroxyl groups is 1. The molecule has 3 aromatic heterocycles. The second kappa shape index (κ2) is 7.00. The van der Waals surface area contributed by atoms with E-state index in [1.165, 1.54) is 10.5 Å². The smallest absolute Gasteiger partial charge is 0.259 e. The molecule has 0 saturated heterocycles. The molecule has 1 unspecified atom stereocenters. The van der Waals surface area contributed by atoms with E-state index in [0.717, 1.165) is 21.9 Å². The van der Waals surface area contributed by atoms with Crippen molar-refractivity contribution < 1.29 is 5.11 Å². The Bertz CT molecular complexity index is 1370. The van der Waals surface area contributed by atoms with Crippen LogP contribution in [0.1, 0.15) is 11.6 Å². The molecule has 0 radical (unpaired) electrons. The third-order valence-corrected chi connectivity index (χ3v) is 5.18. The normalized spacial score (nSPS) is 12.4. The zero-order valence-corrected chi connectivity index (χ0v) is 15.5. The van der Waals surface area contributed by atoms with E-state index < -0.39 is 0 Å². The molecule has 0 amide bonds. The van der Waals surface area contributed by atoms with Crippen LogP contribution < -0.4 is 5.56 Å². The van der Waals surface area contributed by atoms with E-state index in [1.807, 2.05) is 47.0 Å². The van der Waals surface area contributed by atoms with Crippen molar-refractivity contribution in [3.05, 3.63) is 101 Å². The van der Waals surface area contributed by atoms with Gasteiger partial charge in [0.15, 0.2) is 0 Å². The molecule has 142 valence electrons. The van der Waals surface area contributed by atoms with Crippen LogP contribution in [-0.4, -0.2) is 30.6 Å². The number of nitrogens with zero attached hydrogens (tertiary/aromatic N) is 4. The highest BCUT2D eigenvalue weighted by atomic mass is 16.3. The van der Waals surface area contributed by atoms with E-state index in [9.17, 15) is 9.90 Å². The zero-order valence-electron chi connectivity index (χ0n) is 15.5. The minimum atomic E-state index is -0.357. The van der Waals surface area contributed by atoms with Gasteiger partial charge in [0.05, 0.1) is 18.3 Å². The second-order valence-corrected chi connectivity index (χ2v) is 6.90. The van der Waals surface area contributed by atoms with Gasteiger partial charge in [0, 0.05) is 36.4 Å². The van der Waals surface area contributed by atoms with Crippen LogP contribution in [0.2, 0.25) is 0 Å². The molecule has 0 aliphatic heterocycles. The molecule has 0 bridgehead atoms. The van der Waals surface area contributed by atoms with Crippen molar-refractivity contribution >= 4 is 16.6 Å². The minimum Gasteiger partial charge on any atom is -0.394 e.